The number of amides is 1. The average Bonchev–Trinajstić information content (AvgIpc) is 3.15. The van der Waals surface area contributed by atoms with Crippen LogP contribution in [0.25, 0.3) is 5.69 Å². The first-order chi connectivity index (χ1) is 14.8. The fourth-order valence-electron chi connectivity index (χ4n) is 3.58. The van der Waals surface area contributed by atoms with Gasteiger partial charge in [0.25, 0.3) is 5.91 Å². The quantitative estimate of drug-likeness (QED) is 0.620. The molecule has 0 bridgehead atoms. The van der Waals surface area contributed by atoms with Gasteiger partial charge in [-0.2, -0.15) is 18.3 Å². The monoisotopic (exact) mass is 430 g/mol. The number of carbonyl (C=O) groups is 1. The van der Waals surface area contributed by atoms with Gasteiger partial charge in [-0.25, -0.2) is 9.67 Å². The molecule has 1 amide bonds. The summed E-state index contributed by atoms with van der Waals surface area (Å²) in [5.41, 5.74) is 1.39. The van der Waals surface area contributed by atoms with Crippen molar-refractivity contribution >= 4 is 5.91 Å². The van der Waals surface area contributed by atoms with E-state index in [0.717, 1.165) is 23.6 Å². The summed E-state index contributed by atoms with van der Waals surface area (Å²) >= 11 is 0. The number of pyridine rings is 1. The molecule has 0 atom stereocenters. The van der Waals surface area contributed by atoms with E-state index in [1.165, 1.54) is 6.07 Å². The highest BCUT2D eigenvalue weighted by Crippen LogP contribution is 2.29. The predicted octanol–water partition coefficient (Wildman–Crippen LogP) is 4.28. The molecule has 1 aromatic carbocycles. The van der Waals surface area contributed by atoms with Crippen LogP contribution in [-0.2, 0) is 6.18 Å². The molecular weight excluding hydrogens is 409 g/mol. The number of likely N-dealkylation sites (tertiary alicyclic amines) is 1. The molecule has 1 saturated heterocycles. The van der Waals surface area contributed by atoms with Gasteiger partial charge in [-0.3, -0.25) is 4.79 Å². The minimum absolute atomic E-state index is 0.0919. The minimum Gasteiger partial charge on any atom is -0.474 e. The van der Waals surface area contributed by atoms with Gasteiger partial charge in [-0.1, -0.05) is 18.2 Å². The van der Waals surface area contributed by atoms with Crippen LogP contribution in [0.1, 0.15) is 34.5 Å². The van der Waals surface area contributed by atoms with E-state index in [-0.39, 0.29) is 17.9 Å². The number of halogens is 3. The standard InChI is InChI=1S/C22H21F3N4O2/c1-15-19(14-27-29(15)17-5-3-2-4-6-17)21(30)28-11-9-18(10-12-28)31-20-8-7-16(13-26-20)22(23,24)25/h2-8,13-14,18H,9-12H2,1H3. The molecule has 1 aliphatic rings. The van der Waals surface area contributed by atoms with Crippen LogP contribution >= 0.6 is 0 Å². The molecule has 2 aromatic heterocycles. The molecule has 3 heterocycles. The van der Waals surface area contributed by atoms with Gasteiger partial charge in [0.2, 0.25) is 5.88 Å². The van der Waals surface area contributed by atoms with Gasteiger partial charge in [-0.05, 0) is 25.1 Å². The fourth-order valence-corrected chi connectivity index (χ4v) is 3.58. The maximum Gasteiger partial charge on any atom is 0.417 e. The first-order valence-electron chi connectivity index (χ1n) is 9.92. The van der Waals surface area contributed by atoms with Crippen LogP contribution in [0.15, 0.2) is 54.9 Å². The molecule has 9 heteroatoms. The van der Waals surface area contributed by atoms with Gasteiger partial charge in [0.15, 0.2) is 0 Å². The smallest absolute Gasteiger partial charge is 0.417 e. The molecule has 0 radical (unpaired) electrons. The van der Waals surface area contributed by atoms with E-state index in [9.17, 15) is 18.0 Å². The Morgan fingerprint density at radius 1 is 1.06 bits per heavy atom. The van der Waals surface area contributed by atoms with E-state index in [0.29, 0.717) is 31.5 Å². The molecule has 3 aromatic rings. The second kappa shape index (κ2) is 8.41. The lowest BCUT2D eigenvalue weighted by atomic mass is 10.1. The minimum atomic E-state index is -4.43. The van der Waals surface area contributed by atoms with Crippen LogP contribution in [-0.4, -0.2) is 44.8 Å². The summed E-state index contributed by atoms with van der Waals surface area (Å²) < 4.78 is 45.4. The molecule has 31 heavy (non-hydrogen) atoms. The van der Waals surface area contributed by atoms with Crippen LogP contribution in [0.5, 0.6) is 5.88 Å². The lowest BCUT2D eigenvalue weighted by molar-refractivity contribution is -0.137. The maximum absolute atomic E-state index is 13.0. The molecule has 1 aliphatic heterocycles. The van der Waals surface area contributed by atoms with E-state index in [1.807, 2.05) is 37.3 Å². The van der Waals surface area contributed by atoms with E-state index in [1.54, 1.807) is 15.8 Å². The third-order valence-electron chi connectivity index (χ3n) is 5.32. The number of hydrogen-bond donors (Lipinski definition) is 0. The van der Waals surface area contributed by atoms with Crippen molar-refractivity contribution in [2.24, 2.45) is 0 Å². The summed E-state index contributed by atoms with van der Waals surface area (Å²) in [6.07, 6.45) is -1.15. The van der Waals surface area contributed by atoms with Gasteiger partial charge < -0.3 is 9.64 Å². The third-order valence-corrected chi connectivity index (χ3v) is 5.32. The second-order valence-electron chi connectivity index (χ2n) is 7.38. The number of nitrogens with zero attached hydrogens (tertiary/aromatic N) is 4. The number of aromatic nitrogens is 3. The Bertz CT molecular complexity index is 1040. The Morgan fingerprint density at radius 3 is 2.39 bits per heavy atom. The highest BCUT2D eigenvalue weighted by molar-refractivity contribution is 5.95. The molecule has 4 rings (SSSR count). The molecule has 162 valence electrons. The predicted molar refractivity (Wildman–Crippen MR) is 107 cm³/mol. The van der Waals surface area contributed by atoms with Gasteiger partial charge in [0.1, 0.15) is 6.10 Å². The number of ether oxygens (including phenoxy) is 1. The average molecular weight is 430 g/mol. The number of piperidine rings is 1. The molecule has 0 N–H and O–H groups in total. The highest BCUT2D eigenvalue weighted by atomic mass is 19.4. The zero-order valence-electron chi connectivity index (χ0n) is 16.8. The third kappa shape index (κ3) is 4.55. The number of para-hydroxylation sites is 1. The van der Waals surface area contributed by atoms with Crippen molar-refractivity contribution in [1.82, 2.24) is 19.7 Å². The van der Waals surface area contributed by atoms with Crippen molar-refractivity contribution in [3.05, 3.63) is 71.7 Å². The Morgan fingerprint density at radius 2 is 1.77 bits per heavy atom. The van der Waals surface area contributed by atoms with Crippen LogP contribution in [0.3, 0.4) is 0 Å². The second-order valence-corrected chi connectivity index (χ2v) is 7.38. The van der Waals surface area contributed by atoms with Gasteiger partial charge >= 0.3 is 6.18 Å². The lowest BCUT2D eigenvalue weighted by Gasteiger charge is -2.31. The summed E-state index contributed by atoms with van der Waals surface area (Å²) in [5.74, 6) is 0.0588. The first kappa shape index (κ1) is 20.9. The molecule has 0 unspecified atom stereocenters. The van der Waals surface area contributed by atoms with E-state index in [2.05, 4.69) is 10.1 Å². The summed E-state index contributed by atoms with van der Waals surface area (Å²) in [6, 6.07) is 11.8. The largest absolute Gasteiger partial charge is 0.474 e. The van der Waals surface area contributed by atoms with Crippen molar-refractivity contribution in [2.45, 2.75) is 32.0 Å². The summed E-state index contributed by atoms with van der Waals surface area (Å²) in [5, 5.41) is 4.35. The Balaban J connectivity index is 1.36. The SMILES string of the molecule is Cc1c(C(=O)N2CCC(Oc3ccc(C(F)(F)F)cn3)CC2)cnn1-c1ccccc1. The zero-order valence-corrected chi connectivity index (χ0v) is 16.8. The lowest BCUT2D eigenvalue weighted by Crippen LogP contribution is -2.42. The Labute approximate surface area is 177 Å². The van der Waals surface area contributed by atoms with Crippen LogP contribution in [0.2, 0.25) is 0 Å². The van der Waals surface area contributed by atoms with Gasteiger partial charge in [-0.15, -0.1) is 0 Å². The van der Waals surface area contributed by atoms with Crippen molar-refractivity contribution in [3.8, 4) is 11.6 Å². The summed E-state index contributed by atoms with van der Waals surface area (Å²) in [7, 11) is 0. The topological polar surface area (TPSA) is 60.3 Å². The van der Waals surface area contributed by atoms with Crippen LogP contribution in [0, 0.1) is 6.92 Å². The molecule has 0 aliphatic carbocycles. The van der Waals surface area contributed by atoms with Gasteiger partial charge in [0, 0.05) is 38.2 Å². The van der Waals surface area contributed by atoms with E-state index in [4.69, 9.17) is 4.74 Å². The molecule has 1 fully saturated rings. The normalized spacial score (nSPS) is 15.2. The number of hydrogen-bond acceptors (Lipinski definition) is 4. The van der Waals surface area contributed by atoms with E-state index < -0.39 is 11.7 Å². The highest BCUT2D eigenvalue weighted by Gasteiger charge is 2.31. The van der Waals surface area contributed by atoms with Crippen LogP contribution < -0.4 is 4.74 Å². The number of carbonyl (C=O) groups excluding carboxylic acids is 1. The molecule has 0 saturated carbocycles. The summed E-state index contributed by atoms with van der Waals surface area (Å²) in [4.78, 5) is 18.5. The Hall–Kier alpha value is -3.36. The van der Waals surface area contributed by atoms with Crippen molar-refractivity contribution in [1.29, 1.82) is 0 Å². The van der Waals surface area contributed by atoms with Crippen LogP contribution in [0.4, 0.5) is 13.2 Å². The first-order valence-corrected chi connectivity index (χ1v) is 9.92. The Kier molecular flexibility index (Phi) is 5.67. The zero-order chi connectivity index (χ0) is 22.0. The van der Waals surface area contributed by atoms with Gasteiger partial charge in [0.05, 0.1) is 28.7 Å². The number of rotatable bonds is 4. The van der Waals surface area contributed by atoms with Crippen molar-refractivity contribution < 1.29 is 22.7 Å². The number of benzene rings is 1. The maximum atomic E-state index is 13.0. The summed E-state index contributed by atoms with van der Waals surface area (Å²) in [6.45, 7) is 2.83. The van der Waals surface area contributed by atoms with E-state index >= 15 is 0 Å². The van der Waals surface area contributed by atoms with Crippen molar-refractivity contribution in [2.75, 3.05) is 13.1 Å². The fraction of sp³-hybridized carbons (Fsp3) is 0.318. The molecule has 6 nitrogen and oxygen atoms in total. The molecular formula is C22H21F3N4O2. The molecule has 0 spiro atoms. The van der Waals surface area contributed by atoms with Crippen molar-refractivity contribution in [3.63, 3.8) is 0 Å². The number of alkyl halides is 3.